The monoisotopic (exact) mass is 357 g/mol. The standard InChI is InChI=1S/C19H23N3O2S/c1-5-10-24-18-11-15(7-9-17(18)23-4)12-21-19(20-3)22-13-16-8-6-14(2)25-16/h1,6-9,11H,10,12-13H2,2-4H3,(H2,20,21,22). The van der Waals surface area contributed by atoms with E-state index in [-0.39, 0.29) is 6.61 Å². The van der Waals surface area contributed by atoms with E-state index in [1.54, 1.807) is 25.5 Å². The Morgan fingerprint density at radius 3 is 2.64 bits per heavy atom. The maximum absolute atomic E-state index is 5.53. The van der Waals surface area contributed by atoms with E-state index in [1.165, 1.54) is 9.75 Å². The van der Waals surface area contributed by atoms with Crippen molar-refractivity contribution < 1.29 is 9.47 Å². The van der Waals surface area contributed by atoms with Crippen LogP contribution < -0.4 is 20.1 Å². The predicted octanol–water partition coefficient (Wildman–Crippen LogP) is 2.94. The van der Waals surface area contributed by atoms with Crippen LogP contribution in [0.3, 0.4) is 0 Å². The van der Waals surface area contributed by atoms with Gasteiger partial charge in [0.25, 0.3) is 0 Å². The van der Waals surface area contributed by atoms with Gasteiger partial charge in [-0.05, 0) is 36.8 Å². The van der Waals surface area contributed by atoms with E-state index in [4.69, 9.17) is 15.9 Å². The molecule has 2 aromatic rings. The van der Waals surface area contributed by atoms with Gasteiger partial charge >= 0.3 is 0 Å². The Morgan fingerprint density at radius 1 is 1.20 bits per heavy atom. The van der Waals surface area contributed by atoms with Crippen LogP contribution in [0.4, 0.5) is 0 Å². The third-order valence-corrected chi connectivity index (χ3v) is 4.45. The lowest BCUT2D eigenvalue weighted by atomic mass is 10.2. The molecule has 0 amide bonds. The van der Waals surface area contributed by atoms with Gasteiger partial charge in [-0.2, -0.15) is 0 Å². The zero-order valence-electron chi connectivity index (χ0n) is 14.8. The quantitative estimate of drug-likeness (QED) is 0.454. The highest BCUT2D eigenvalue weighted by molar-refractivity contribution is 7.11. The van der Waals surface area contributed by atoms with Gasteiger partial charge in [0.05, 0.1) is 13.7 Å². The summed E-state index contributed by atoms with van der Waals surface area (Å²) >= 11 is 1.78. The van der Waals surface area contributed by atoms with Gasteiger partial charge in [-0.1, -0.05) is 12.0 Å². The minimum absolute atomic E-state index is 0.205. The fourth-order valence-corrected chi connectivity index (χ4v) is 3.05. The molecule has 0 aliphatic rings. The van der Waals surface area contributed by atoms with Gasteiger partial charge in [0.2, 0.25) is 0 Å². The first-order valence-electron chi connectivity index (χ1n) is 7.89. The van der Waals surface area contributed by atoms with Crippen LogP contribution in [0.15, 0.2) is 35.3 Å². The summed E-state index contributed by atoms with van der Waals surface area (Å²) in [5.74, 6) is 4.50. The molecule has 0 aliphatic heterocycles. The number of terminal acetylenes is 1. The van der Waals surface area contributed by atoms with Crippen LogP contribution in [0.1, 0.15) is 15.3 Å². The van der Waals surface area contributed by atoms with Crippen molar-refractivity contribution in [2.75, 3.05) is 20.8 Å². The molecule has 0 fully saturated rings. The van der Waals surface area contributed by atoms with Crippen LogP contribution in [-0.2, 0) is 13.1 Å². The van der Waals surface area contributed by atoms with E-state index in [0.717, 1.165) is 18.1 Å². The van der Waals surface area contributed by atoms with Crippen molar-refractivity contribution in [1.82, 2.24) is 10.6 Å². The molecule has 0 saturated heterocycles. The van der Waals surface area contributed by atoms with E-state index in [2.05, 4.69) is 40.6 Å². The van der Waals surface area contributed by atoms with E-state index < -0.39 is 0 Å². The molecular weight excluding hydrogens is 334 g/mol. The molecule has 1 aromatic heterocycles. The normalized spacial score (nSPS) is 10.9. The highest BCUT2D eigenvalue weighted by atomic mass is 32.1. The average Bonchev–Trinajstić information content (AvgIpc) is 3.05. The van der Waals surface area contributed by atoms with Crippen molar-refractivity contribution in [3.05, 3.63) is 45.6 Å². The molecule has 0 atom stereocenters. The molecule has 132 valence electrons. The van der Waals surface area contributed by atoms with Gasteiger partial charge < -0.3 is 20.1 Å². The SMILES string of the molecule is C#CCOc1cc(CNC(=NC)NCc2ccc(C)s2)ccc1OC. The molecule has 25 heavy (non-hydrogen) atoms. The second-order valence-corrected chi connectivity index (χ2v) is 6.64. The number of benzene rings is 1. The number of methoxy groups -OCH3 is 1. The summed E-state index contributed by atoms with van der Waals surface area (Å²) in [5.41, 5.74) is 1.04. The summed E-state index contributed by atoms with van der Waals surface area (Å²) in [4.78, 5) is 6.82. The zero-order valence-corrected chi connectivity index (χ0v) is 15.6. The Kier molecular flexibility index (Phi) is 7.17. The third kappa shape index (κ3) is 5.73. The molecule has 0 aliphatic carbocycles. The molecule has 0 bridgehead atoms. The molecule has 2 N–H and O–H groups in total. The number of guanidine groups is 1. The van der Waals surface area contributed by atoms with Crippen molar-refractivity contribution in [2.45, 2.75) is 20.0 Å². The molecular formula is C19H23N3O2S. The minimum atomic E-state index is 0.205. The summed E-state index contributed by atoms with van der Waals surface area (Å²) in [6, 6.07) is 10.0. The molecule has 1 aromatic carbocycles. The molecule has 0 radical (unpaired) electrons. The molecule has 0 unspecified atom stereocenters. The summed E-state index contributed by atoms with van der Waals surface area (Å²) < 4.78 is 10.8. The van der Waals surface area contributed by atoms with Crippen LogP contribution in [0.25, 0.3) is 0 Å². The number of aryl methyl sites for hydroxylation is 1. The molecule has 2 rings (SSSR count). The average molecular weight is 357 g/mol. The van der Waals surface area contributed by atoms with Crippen molar-refractivity contribution in [1.29, 1.82) is 0 Å². The number of hydrogen-bond acceptors (Lipinski definition) is 4. The predicted molar refractivity (Wildman–Crippen MR) is 103 cm³/mol. The zero-order chi connectivity index (χ0) is 18.1. The number of ether oxygens (including phenoxy) is 2. The van der Waals surface area contributed by atoms with E-state index >= 15 is 0 Å². The largest absolute Gasteiger partial charge is 0.493 e. The first-order valence-corrected chi connectivity index (χ1v) is 8.71. The topological polar surface area (TPSA) is 54.9 Å². The maximum atomic E-state index is 5.53. The molecule has 0 saturated carbocycles. The number of thiophene rings is 1. The van der Waals surface area contributed by atoms with Gasteiger partial charge in [0, 0.05) is 23.3 Å². The number of aliphatic imine (C=N–C) groups is 1. The smallest absolute Gasteiger partial charge is 0.191 e. The number of nitrogens with zero attached hydrogens (tertiary/aromatic N) is 1. The Hall–Kier alpha value is -2.65. The van der Waals surface area contributed by atoms with Gasteiger partial charge in [-0.25, -0.2) is 0 Å². The van der Waals surface area contributed by atoms with Gasteiger partial charge in [0.1, 0.15) is 6.61 Å². The summed E-state index contributed by atoms with van der Waals surface area (Å²) in [6.45, 7) is 3.67. The van der Waals surface area contributed by atoms with Crippen LogP contribution in [0.5, 0.6) is 11.5 Å². The van der Waals surface area contributed by atoms with Crippen molar-refractivity contribution >= 4 is 17.3 Å². The lowest BCUT2D eigenvalue weighted by molar-refractivity contribution is 0.330. The fourth-order valence-electron chi connectivity index (χ4n) is 2.22. The van der Waals surface area contributed by atoms with Gasteiger partial charge in [0.15, 0.2) is 17.5 Å². The van der Waals surface area contributed by atoms with Crippen molar-refractivity contribution in [3.8, 4) is 23.8 Å². The molecule has 0 spiro atoms. The Balaban J connectivity index is 1.93. The minimum Gasteiger partial charge on any atom is -0.493 e. The fraction of sp³-hybridized carbons (Fsp3) is 0.316. The summed E-state index contributed by atoms with van der Waals surface area (Å²) in [6.07, 6.45) is 5.25. The van der Waals surface area contributed by atoms with Crippen LogP contribution >= 0.6 is 11.3 Å². The second kappa shape index (κ2) is 9.60. The van der Waals surface area contributed by atoms with E-state index in [9.17, 15) is 0 Å². The van der Waals surface area contributed by atoms with Crippen LogP contribution in [0, 0.1) is 19.3 Å². The number of hydrogen-bond donors (Lipinski definition) is 2. The first kappa shape index (κ1) is 18.7. The highest BCUT2D eigenvalue weighted by Crippen LogP contribution is 2.27. The molecule has 5 nitrogen and oxygen atoms in total. The van der Waals surface area contributed by atoms with Crippen molar-refractivity contribution in [2.24, 2.45) is 4.99 Å². The summed E-state index contributed by atoms with van der Waals surface area (Å²) in [7, 11) is 3.36. The third-order valence-electron chi connectivity index (χ3n) is 3.45. The number of nitrogens with one attached hydrogen (secondary N) is 2. The van der Waals surface area contributed by atoms with Gasteiger partial charge in [-0.15, -0.1) is 17.8 Å². The Bertz CT molecular complexity index is 762. The summed E-state index contributed by atoms with van der Waals surface area (Å²) in [5, 5.41) is 6.60. The van der Waals surface area contributed by atoms with E-state index in [1.807, 2.05) is 18.2 Å². The highest BCUT2D eigenvalue weighted by Gasteiger charge is 2.06. The van der Waals surface area contributed by atoms with Crippen LogP contribution in [-0.4, -0.2) is 26.7 Å². The van der Waals surface area contributed by atoms with Crippen LogP contribution in [0.2, 0.25) is 0 Å². The second-order valence-electron chi connectivity index (χ2n) is 5.27. The lowest BCUT2D eigenvalue weighted by Gasteiger charge is -2.13. The maximum Gasteiger partial charge on any atom is 0.191 e. The van der Waals surface area contributed by atoms with E-state index in [0.29, 0.717) is 18.0 Å². The Morgan fingerprint density at radius 2 is 2.00 bits per heavy atom. The lowest BCUT2D eigenvalue weighted by Crippen LogP contribution is -2.36. The molecule has 6 heteroatoms. The Labute approximate surface area is 153 Å². The van der Waals surface area contributed by atoms with Crippen molar-refractivity contribution in [3.63, 3.8) is 0 Å². The first-order chi connectivity index (χ1) is 12.2. The molecule has 1 heterocycles. The number of rotatable bonds is 7. The van der Waals surface area contributed by atoms with Gasteiger partial charge in [-0.3, -0.25) is 4.99 Å².